The first-order valence-electron chi connectivity index (χ1n) is 6.99. The summed E-state index contributed by atoms with van der Waals surface area (Å²) in [5, 5.41) is 11.7. The average molecular weight is 329 g/mol. The van der Waals surface area contributed by atoms with Gasteiger partial charge in [-0.1, -0.05) is 18.2 Å². The van der Waals surface area contributed by atoms with Gasteiger partial charge in [0.2, 0.25) is 0 Å². The van der Waals surface area contributed by atoms with Crippen LogP contribution in [0.2, 0.25) is 0 Å². The smallest absolute Gasteiger partial charge is 0.337 e. The highest BCUT2D eigenvalue weighted by Gasteiger charge is 2.15. The topological polar surface area (TPSA) is 102 Å². The zero-order valence-electron chi connectivity index (χ0n) is 12.8. The van der Waals surface area contributed by atoms with E-state index in [1.165, 1.54) is 19.1 Å². The molecule has 0 aliphatic heterocycles. The first-order chi connectivity index (χ1) is 11.5. The van der Waals surface area contributed by atoms with E-state index < -0.39 is 17.8 Å². The average Bonchev–Trinajstić information content (AvgIpc) is 2.54. The molecule has 0 spiro atoms. The van der Waals surface area contributed by atoms with E-state index in [0.29, 0.717) is 5.75 Å². The molecule has 0 radical (unpaired) electrons. The maximum atomic E-state index is 11.9. The van der Waals surface area contributed by atoms with Crippen molar-refractivity contribution in [2.75, 3.05) is 11.9 Å². The fourth-order valence-electron chi connectivity index (χ4n) is 1.89. The number of hydrogen-bond acceptors (Lipinski definition) is 5. The van der Waals surface area contributed by atoms with Gasteiger partial charge in [0.25, 0.3) is 5.91 Å². The summed E-state index contributed by atoms with van der Waals surface area (Å²) in [6.07, 6.45) is 0. The second kappa shape index (κ2) is 7.77. The van der Waals surface area contributed by atoms with Crippen LogP contribution in [0, 0.1) is 0 Å². The summed E-state index contributed by atoms with van der Waals surface area (Å²) in [6.45, 7) is 0.936. The van der Waals surface area contributed by atoms with Gasteiger partial charge < -0.3 is 19.9 Å². The minimum atomic E-state index is -1.26. The molecular weight excluding hydrogens is 314 g/mol. The molecule has 0 saturated carbocycles. The number of amides is 1. The molecule has 0 aliphatic carbocycles. The van der Waals surface area contributed by atoms with Crippen LogP contribution in [0.3, 0.4) is 0 Å². The molecule has 0 saturated heterocycles. The van der Waals surface area contributed by atoms with E-state index in [1.54, 1.807) is 24.3 Å². The van der Waals surface area contributed by atoms with Crippen LogP contribution in [-0.2, 0) is 9.59 Å². The summed E-state index contributed by atoms with van der Waals surface area (Å²) in [5.74, 6) is -1.74. The first kappa shape index (κ1) is 17.0. The molecule has 0 unspecified atom stereocenters. The number of carboxylic acid groups (broad SMARTS) is 1. The third kappa shape index (κ3) is 4.84. The number of benzene rings is 2. The van der Waals surface area contributed by atoms with Crippen molar-refractivity contribution >= 4 is 23.5 Å². The number of carboxylic acids is 1. The number of anilines is 1. The molecule has 2 N–H and O–H groups in total. The number of rotatable bonds is 6. The van der Waals surface area contributed by atoms with Crippen LogP contribution >= 0.6 is 0 Å². The summed E-state index contributed by atoms with van der Waals surface area (Å²) in [4.78, 5) is 34.1. The molecule has 7 heteroatoms. The van der Waals surface area contributed by atoms with Crippen molar-refractivity contribution < 1.29 is 29.0 Å². The predicted molar refractivity (Wildman–Crippen MR) is 85.3 cm³/mol. The Labute approximate surface area is 137 Å². The van der Waals surface area contributed by atoms with Crippen molar-refractivity contribution in [1.29, 1.82) is 0 Å². The highest BCUT2D eigenvalue weighted by Crippen LogP contribution is 2.22. The summed E-state index contributed by atoms with van der Waals surface area (Å²) in [5.41, 5.74) is -0.109. The van der Waals surface area contributed by atoms with Gasteiger partial charge in [0.05, 0.1) is 11.3 Å². The van der Waals surface area contributed by atoms with E-state index in [1.807, 2.05) is 6.07 Å². The fourth-order valence-corrected chi connectivity index (χ4v) is 1.89. The molecular formula is C17H15NO6. The third-order valence-electron chi connectivity index (χ3n) is 2.87. The molecule has 0 bridgehead atoms. The molecule has 0 fully saturated rings. The highest BCUT2D eigenvalue weighted by molar-refractivity contribution is 6.01. The van der Waals surface area contributed by atoms with Crippen LogP contribution in [0.25, 0.3) is 0 Å². The van der Waals surface area contributed by atoms with E-state index >= 15 is 0 Å². The van der Waals surface area contributed by atoms with Crippen molar-refractivity contribution in [3.8, 4) is 11.5 Å². The predicted octanol–water partition coefficient (Wildman–Crippen LogP) is 2.33. The van der Waals surface area contributed by atoms with Gasteiger partial charge in [0, 0.05) is 6.92 Å². The Morgan fingerprint density at radius 1 is 1.04 bits per heavy atom. The van der Waals surface area contributed by atoms with Crippen LogP contribution in [0.1, 0.15) is 17.3 Å². The molecule has 2 aromatic carbocycles. The zero-order valence-corrected chi connectivity index (χ0v) is 12.8. The zero-order chi connectivity index (χ0) is 17.5. The lowest BCUT2D eigenvalue weighted by atomic mass is 10.1. The van der Waals surface area contributed by atoms with Crippen LogP contribution in [0.15, 0.2) is 48.5 Å². The number of carbonyl (C=O) groups is 3. The maximum absolute atomic E-state index is 11.9. The van der Waals surface area contributed by atoms with Gasteiger partial charge in [-0.2, -0.15) is 0 Å². The Bertz CT molecular complexity index is 757. The van der Waals surface area contributed by atoms with Gasteiger partial charge in [0.15, 0.2) is 6.61 Å². The fraction of sp³-hybridized carbons (Fsp3) is 0.118. The first-order valence-corrected chi connectivity index (χ1v) is 6.99. The molecule has 0 atom stereocenters. The minimum Gasteiger partial charge on any atom is -0.484 e. The van der Waals surface area contributed by atoms with E-state index in [4.69, 9.17) is 9.47 Å². The molecule has 24 heavy (non-hydrogen) atoms. The van der Waals surface area contributed by atoms with Gasteiger partial charge in [0.1, 0.15) is 11.5 Å². The minimum absolute atomic E-state index is 0.0819. The largest absolute Gasteiger partial charge is 0.484 e. The summed E-state index contributed by atoms with van der Waals surface area (Å²) in [7, 11) is 0. The molecule has 7 nitrogen and oxygen atoms in total. The van der Waals surface area contributed by atoms with E-state index in [2.05, 4.69) is 5.32 Å². The van der Waals surface area contributed by atoms with Crippen LogP contribution in [0.5, 0.6) is 11.5 Å². The standard InChI is InChI=1S/C17H15NO6/c1-11(19)24-13-7-8-15(14(9-13)17(21)22)18-16(20)10-23-12-5-3-2-4-6-12/h2-9H,10H2,1H3,(H,18,20)(H,21,22). The number of aromatic carboxylic acids is 1. The lowest BCUT2D eigenvalue weighted by molar-refractivity contribution is -0.131. The molecule has 2 aromatic rings. The molecule has 0 aliphatic rings. The number of carbonyl (C=O) groups excluding carboxylic acids is 2. The Kier molecular flexibility index (Phi) is 5.51. The number of nitrogens with one attached hydrogen (secondary N) is 1. The second-order valence-electron chi connectivity index (χ2n) is 4.76. The van der Waals surface area contributed by atoms with E-state index in [-0.39, 0.29) is 23.6 Å². The van der Waals surface area contributed by atoms with Gasteiger partial charge in [-0.05, 0) is 30.3 Å². The number of para-hydroxylation sites is 1. The molecule has 0 aromatic heterocycles. The number of esters is 1. The highest BCUT2D eigenvalue weighted by atomic mass is 16.5. The molecule has 0 heterocycles. The van der Waals surface area contributed by atoms with Crippen molar-refractivity contribution in [3.05, 3.63) is 54.1 Å². The lowest BCUT2D eigenvalue weighted by Gasteiger charge is -2.11. The second-order valence-corrected chi connectivity index (χ2v) is 4.76. The van der Waals surface area contributed by atoms with Gasteiger partial charge in [-0.25, -0.2) is 4.79 Å². The van der Waals surface area contributed by atoms with E-state index in [0.717, 1.165) is 6.07 Å². The van der Waals surface area contributed by atoms with Crippen molar-refractivity contribution in [1.82, 2.24) is 0 Å². The monoisotopic (exact) mass is 329 g/mol. The normalized spacial score (nSPS) is 9.88. The Morgan fingerprint density at radius 3 is 2.38 bits per heavy atom. The third-order valence-corrected chi connectivity index (χ3v) is 2.87. The van der Waals surface area contributed by atoms with Crippen molar-refractivity contribution in [2.24, 2.45) is 0 Å². The van der Waals surface area contributed by atoms with Gasteiger partial charge in [-0.3, -0.25) is 9.59 Å². The van der Waals surface area contributed by atoms with Crippen molar-refractivity contribution in [3.63, 3.8) is 0 Å². The van der Waals surface area contributed by atoms with Crippen LogP contribution < -0.4 is 14.8 Å². The molecule has 1 amide bonds. The van der Waals surface area contributed by atoms with E-state index in [9.17, 15) is 19.5 Å². The van der Waals surface area contributed by atoms with Crippen LogP contribution in [0.4, 0.5) is 5.69 Å². The number of ether oxygens (including phenoxy) is 2. The Balaban J connectivity index is 2.06. The Morgan fingerprint density at radius 2 is 1.75 bits per heavy atom. The SMILES string of the molecule is CC(=O)Oc1ccc(NC(=O)COc2ccccc2)c(C(=O)O)c1. The molecule has 124 valence electrons. The summed E-state index contributed by atoms with van der Waals surface area (Å²) < 4.78 is 10.1. The summed E-state index contributed by atoms with van der Waals surface area (Å²) in [6, 6.07) is 12.7. The van der Waals surface area contributed by atoms with Gasteiger partial charge in [-0.15, -0.1) is 0 Å². The molecule has 2 rings (SSSR count). The Hall–Kier alpha value is -3.35. The quantitative estimate of drug-likeness (QED) is 0.623. The number of hydrogen-bond donors (Lipinski definition) is 2. The lowest BCUT2D eigenvalue weighted by Crippen LogP contribution is -2.21. The van der Waals surface area contributed by atoms with Crippen molar-refractivity contribution in [2.45, 2.75) is 6.92 Å². The van der Waals surface area contributed by atoms with Crippen LogP contribution in [-0.4, -0.2) is 29.6 Å². The maximum Gasteiger partial charge on any atom is 0.337 e. The van der Waals surface area contributed by atoms with Gasteiger partial charge >= 0.3 is 11.9 Å². The summed E-state index contributed by atoms with van der Waals surface area (Å²) >= 11 is 0.